The van der Waals surface area contributed by atoms with E-state index in [-0.39, 0.29) is 0 Å². The molecule has 0 fully saturated rings. The van der Waals surface area contributed by atoms with E-state index in [1.54, 1.807) is 12.4 Å². The lowest BCUT2D eigenvalue weighted by molar-refractivity contribution is 0.300. The molecule has 0 saturated heterocycles. The van der Waals surface area contributed by atoms with Crippen LogP contribution >= 0.6 is 0 Å². The van der Waals surface area contributed by atoms with Crippen molar-refractivity contribution >= 4 is 5.69 Å². The molecule has 3 heterocycles. The Labute approximate surface area is 127 Å². The third-order valence-electron chi connectivity index (χ3n) is 3.56. The van der Waals surface area contributed by atoms with Crippen molar-refractivity contribution in [2.75, 3.05) is 18.1 Å². The van der Waals surface area contributed by atoms with Crippen molar-refractivity contribution in [3.63, 3.8) is 0 Å². The summed E-state index contributed by atoms with van der Waals surface area (Å²) in [5.41, 5.74) is 1.95. The quantitative estimate of drug-likeness (QED) is 0.739. The molecule has 1 aliphatic heterocycles. The summed E-state index contributed by atoms with van der Waals surface area (Å²) < 4.78 is 11.0. The lowest BCUT2D eigenvalue weighted by atomic mass is 10.2. The third kappa shape index (κ3) is 2.39. The molecule has 1 aromatic carbocycles. The molecule has 0 unspecified atom stereocenters. The standard InChI is InChI=1S/C16H14N4O2/c1-2-4-14-13(3-1)20(9-10-21-14)11-15-18-16(19-22-15)12-5-7-17-8-6-12/h1-8H,9-11H2. The summed E-state index contributed by atoms with van der Waals surface area (Å²) in [4.78, 5) is 10.6. The van der Waals surface area contributed by atoms with E-state index in [4.69, 9.17) is 9.26 Å². The van der Waals surface area contributed by atoms with Crippen LogP contribution in [0.2, 0.25) is 0 Å². The molecule has 0 amide bonds. The van der Waals surface area contributed by atoms with Crippen LogP contribution in [0.4, 0.5) is 5.69 Å². The van der Waals surface area contributed by atoms with Gasteiger partial charge in [0, 0.05) is 18.0 Å². The molecule has 4 rings (SSSR count). The van der Waals surface area contributed by atoms with Crippen LogP contribution in [0.15, 0.2) is 53.3 Å². The van der Waals surface area contributed by atoms with Crippen molar-refractivity contribution in [3.05, 3.63) is 54.7 Å². The highest BCUT2D eigenvalue weighted by atomic mass is 16.5. The predicted molar refractivity (Wildman–Crippen MR) is 80.5 cm³/mol. The average Bonchev–Trinajstić information content (AvgIpc) is 3.05. The minimum atomic E-state index is 0.568. The van der Waals surface area contributed by atoms with Gasteiger partial charge in [-0.15, -0.1) is 0 Å². The van der Waals surface area contributed by atoms with Gasteiger partial charge in [0.15, 0.2) is 0 Å². The van der Waals surface area contributed by atoms with Gasteiger partial charge in [-0.1, -0.05) is 17.3 Å². The molecule has 2 aromatic heterocycles. The number of hydrogen-bond acceptors (Lipinski definition) is 6. The van der Waals surface area contributed by atoms with Gasteiger partial charge in [0.1, 0.15) is 12.4 Å². The van der Waals surface area contributed by atoms with Crippen LogP contribution in [0.3, 0.4) is 0 Å². The van der Waals surface area contributed by atoms with E-state index in [0.717, 1.165) is 23.5 Å². The van der Waals surface area contributed by atoms with Crippen molar-refractivity contribution in [1.29, 1.82) is 0 Å². The first-order valence-electron chi connectivity index (χ1n) is 7.10. The molecule has 0 spiro atoms. The molecule has 3 aromatic rings. The van der Waals surface area contributed by atoms with E-state index in [9.17, 15) is 0 Å². The predicted octanol–water partition coefficient (Wildman–Crippen LogP) is 2.53. The number of nitrogens with zero attached hydrogens (tertiary/aromatic N) is 4. The van der Waals surface area contributed by atoms with Gasteiger partial charge in [0.25, 0.3) is 0 Å². The van der Waals surface area contributed by atoms with Gasteiger partial charge in [-0.2, -0.15) is 4.98 Å². The molecule has 6 heteroatoms. The van der Waals surface area contributed by atoms with Crippen LogP contribution in [-0.2, 0) is 6.54 Å². The van der Waals surface area contributed by atoms with Crippen molar-refractivity contribution in [2.45, 2.75) is 6.54 Å². The minimum Gasteiger partial charge on any atom is -0.490 e. The Kier molecular flexibility index (Phi) is 3.19. The van der Waals surface area contributed by atoms with Gasteiger partial charge in [-0.25, -0.2) is 0 Å². The van der Waals surface area contributed by atoms with Gasteiger partial charge in [0.2, 0.25) is 11.7 Å². The van der Waals surface area contributed by atoms with E-state index in [2.05, 4.69) is 20.0 Å². The Morgan fingerprint density at radius 1 is 1.09 bits per heavy atom. The summed E-state index contributed by atoms with van der Waals surface area (Å²) in [5, 5.41) is 4.04. The van der Waals surface area contributed by atoms with E-state index < -0.39 is 0 Å². The zero-order valence-corrected chi connectivity index (χ0v) is 11.8. The van der Waals surface area contributed by atoms with Gasteiger partial charge in [0.05, 0.1) is 18.8 Å². The smallest absolute Gasteiger partial charge is 0.246 e. The Hall–Kier alpha value is -2.89. The molecule has 0 radical (unpaired) electrons. The highest BCUT2D eigenvalue weighted by Crippen LogP contribution is 2.31. The Balaban J connectivity index is 1.57. The maximum absolute atomic E-state index is 5.65. The second-order valence-electron chi connectivity index (χ2n) is 4.99. The Bertz CT molecular complexity index is 773. The van der Waals surface area contributed by atoms with Crippen molar-refractivity contribution in [3.8, 4) is 17.1 Å². The monoisotopic (exact) mass is 294 g/mol. The number of hydrogen-bond donors (Lipinski definition) is 0. The molecule has 0 aliphatic carbocycles. The fourth-order valence-corrected chi connectivity index (χ4v) is 2.49. The number of pyridine rings is 1. The number of rotatable bonds is 3. The lowest BCUT2D eigenvalue weighted by Gasteiger charge is -2.29. The highest BCUT2D eigenvalue weighted by Gasteiger charge is 2.20. The molecule has 22 heavy (non-hydrogen) atoms. The fraction of sp³-hybridized carbons (Fsp3) is 0.188. The molecule has 1 aliphatic rings. The molecular formula is C16H14N4O2. The largest absolute Gasteiger partial charge is 0.490 e. The van der Waals surface area contributed by atoms with E-state index >= 15 is 0 Å². The van der Waals surface area contributed by atoms with Crippen molar-refractivity contribution in [2.24, 2.45) is 0 Å². The zero-order chi connectivity index (χ0) is 14.8. The summed E-state index contributed by atoms with van der Waals surface area (Å²) in [6.45, 7) is 2.02. The first-order valence-corrected chi connectivity index (χ1v) is 7.10. The number of aromatic nitrogens is 3. The maximum Gasteiger partial charge on any atom is 0.246 e. The Morgan fingerprint density at radius 2 is 1.95 bits per heavy atom. The molecule has 0 bridgehead atoms. The SMILES string of the molecule is c1ccc2c(c1)OCCN2Cc1nc(-c2ccncc2)no1. The summed E-state index contributed by atoms with van der Waals surface area (Å²) in [5.74, 6) is 2.06. The van der Waals surface area contributed by atoms with Crippen LogP contribution in [0, 0.1) is 0 Å². The molecular weight excluding hydrogens is 280 g/mol. The minimum absolute atomic E-state index is 0.568. The number of ether oxygens (including phenoxy) is 1. The van der Waals surface area contributed by atoms with Crippen LogP contribution < -0.4 is 9.64 Å². The van der Waals surface area contributed by atoms with Crippen LogP contribution in [0.1, 0.15) is 5.89 Å². The Morgan fingerprint density at radius 3 is 2.86 bits per heavy atom. The van der Waals surface area contributed by atoms with Crippen LogP contribution in [-0.4, -0.2) is 28.3 Å². The second kappa shape index (κ2) is 5.48. The van der Waals surface area contributed by atoms with Crippen molar-refractivity contribution < 1.29 is 9.26 Å². The first kappa shape index (κ1) is 12.8. The third-order valence-corrected chi connectivity index (χ3v) is 3.56. The topological polar surface area (TPSA) is 64.3 Å². The number of benzene rings is 1. The highest BCUT2D eigenvalue weighted by molar-refractivity contribution is 5.59. The van der Waals surface area contributed by atoms with Gasteiger partial charge in [-0.05, 0) is 24.3 Å². The van der Waals surface area contributed by atoms with Crippen molar-refractivity contribution in [1.82, 2.24) is 15.1 Å². The maximum atomic E-state index is 5.65. The van der Waals surface area contributed by atoms with Gasteiger partial charge >= 0.3 is 0 Å². The number of fused-ring (bicyclic) bond motifs is 1. The van der Waals surface area contributed by atoms with Crippen LogP contribution in [0.25, 0.3) is 11.4 Å². The second-order valence-corrected chi connectivity index (χ2v) is 4.99. The average molecular weight is 294 g/mol. The summed E-state index contributed by atoms with van der Waals surface area (Å²) >= 11 is 0. The summed E-state index contributed by atoms with van der Waals surface area (Å²) in [6, 6.07) is 11.7. The van der Waals surface area contributed by atoms with E-state index in [1.165, 1.54) is 0 Å². The molecule has 0 atom stereocenters. The van der Waals surface area contributed by atoms with E-state index in [0.29, 0.717) is 24.9 Å². The van der Waals surface area contributed by atoms with Gasteiger partial charge < -0.3 is 14.2 Å². The molecule has 110 valence electrons. The summed E-state index contributed by atoms with van der Waals surface area (Å²) in [6.07, 6.45) is 3.42. The molecule has 0 N–H and O–H groups in total. The zero-order valence-electron chi connectivity index (χ0n) is 11.8. The van der Waals surface area contributed by atoms with E-state index in [1.807, 2.05) is 36.4 Å². The number of para-hydroxylation sites is 2. The normalized spacial score (nSPS) is 13.5. The molecule has 0 saturated carbocycles. The first-order chi connectivity index (χ1) is 10.9. The fourth-order valence-electron chi connectivity index (χ4n) is 2.49. The summed E-state index contributed by atoms with van der Waals surface area (Å²) in [7, 11) is 0. The molecule has 6 nitrogen and oxygen atoms in total. The van der Waals surface area contributed by atoms with Gasteiger partial charge in [-0.3, -0.25) is 4.98 Å². The number of anilines is 1. The van der Waals surface area contributed by atoms with Crippen LogP contribution in [0.5, 0.6) is 5.75 Å². The lowest BCUT2D eigenvalue weighted by Crippen LogP contribution is -2.32.